The molecule has 42 heavy (non-hydrogen) atoms. The van der Waals surface area contributed by atoms with E-state index in [1.165, 1.54) is 36.8 Å². The first-order valence-electron chi connectivity index (χ1n) is 12.9. The number of hydrogen-bond donors (Lipinski definition) is 6. The van der Waals surface area contributed by atoms with Crippen molar-refractivity contribution in [2.24, 2.45) is 17.6 Å². The average Bonchev–Trinajstić information content (AvgIpc) is 2.91. The van der Waals surface area contributed by atoms with Gasteiger partial charge in [0, 0.05) is 28.9 Å². The third-order valence-corrected chi connectivity index (χ3v) is 10.2. The Morgan fingerprint density at radius 2 is 1.79 bits per heavy atom. The van der Waals surface area contributed by atoms with Crippen molar-refractivity contribution < 1.29 is 39.9 Å². The quantitative estimate of drug-likeness (QED) is 0.258. The summed E-state index contributed by atoms with van der Waals surface area (Å²) in [6.45, 7) is 0. The van der Waals surface area contributed by atoms with E-state index in [4.69, 9.17) is 28.9 Å². The fourth-order valence-electron chi connectivity index (χ4n) is 6.53. The number of hydrogen-bond acceptors (Lipinski definition) is 10. The number of thioether (sulfide) groups is 1. The molecule has 1 saturated carbocycles. The molecule has 0 aromatic heterocycles. The van der Waals surface area contributed by atoms with E-state index in [0.29, 0.717) is 21.4 Å². The third kappa shape index (κ3) is 4.42. The number of Topliss-reactive ketones (excluding diaryl/α,β-unsaturated/α-hetero) is 2. The fourth-order valence-corrected chi connectivity index (χ4v) is 8.02. The molecule has 222 valence electrons. The van der Waals surface area contributed by atoms with Gasteiger partial charge in [0.05, 0.1) is 33.7 Å². The number of nitrogens with two attached hydrogens (primary N) is 1. The lowest BCUT2D eigenvalue weighted by atomic mass is 9.54. The Morgan fingerprint density at radius 1 is 1.10 bits per heavy atom. The molecule has 6 atom stereocenters. The summed E-state index contributed by atoms with van der Waals surface area (Å²) < 4.78 is 0. The molecule has 2 unspecified atom stereocenters. The molecule has 0 bridgehead atoms. The average molecular weight is 636 g/mol. The van der Waals surface area contributed by atoms with Crippen LogP contribution in [0.1, 0.15) is 22.6 Å². The number of aliphatic hydroxyl groups is 4. The highest BCUT2D eigenvalue weighted by molar-refractivity contribution is 7.98. The highest BCUT2D eigenvalue weighted by Crippen LogP contribution is 2.56. The minimum absolute atomic E-state index is 0.0545. The zero-order valence-electron chi connectivity index (χ0n) is 22.4. The van der Waals surface area contributed by atoms with E-state index in [1.54, 1.807) is 30.3 Å². The SMILES string of the molecule is CN(C)[C@@H]1C(=O)C(C(N)=O)=C(O)[C@@]2(O)C(=O)C3=C(O)c4c(O)cccc4[C@H](CSCc4ccc(Cl)c(Cl)c4)C3[C@H](O)C12. The van der Waals surface area contributed by atoms with Gasteiger partial charge in [-0.3, -0.25) is 19.3 Å². The summed E-state index contributed by atoms with van der Waals surface area (Å²) in [7, 11) is 2.92. The van der Waals surface area contributed by atoms with Gasteiger partial charge in [-0.1, -0.05) is 41.4 Å². The Kier molecular flexibility index (Phi) is 7.88. The molecule has 0 heterocycles. The summed E-state index contributed by atoms with van der Waals surface area (Å²) in [6, 6.07) is 8.30. The number of ketones is 2. The van der Waals surface area contributed by atoms with Crippen LogP contribution in [-0.2, 0) is 20.1 Å². The van der Waals surface area contributed by atoms with Crippen molar-refractivity contribution in [3.63, 3.8) is 0 Å². The van der Waals surface area contributed by atoms with Crippen LogP contribution in [0.4, 0.5) is 0 Å². The van der Waals surface area contributed by atoms with Crippen LogP contribution >= 0.6 is 35.0 Å². The molecule has 10 nitrogen and oxygen atoms in total. The van der Waals surface area contributed by atoms with Crippen LogP contribution in [0.15, 0.2) is 53.3 Å². The molecule has 0 aliphatic heterocycles. The van der Waals surface area contributed by atoms with Gasteiger partial charge >= 0.3 is 0 Å². The van der Waals surface area contributed by atoms with Crippen molar-refractivity contribution in [1.82, 2.24) is 4.90 Å². The number of primary amides is 1. The summed E-state index contributed by atoms with van der Waals surface area (Å²) in [5.74, 6) is -8.57. The number of amides is 1. The van der Waals surface area contributed by atoms with E-state index in [-0.39, 0.29) is 17.1 Å². The van der Waals surface area contributed by atoms with Crippen LogP contribution in [0.5, 0.6) is 5.75 Å². The van der Waals surface area contributed by atoms with E-state index >= 15 is 0 Å². The minimum atomic E-state index is -2.97. The highest BCUT2D eigenvalue weighted by atomic mass is 35.5. The van der Waals surface area contributed by atoms with E-state index in [9.17, 15) is 39.9 Å². The number of phenols is 1. The van der Waals surface area contributed by atoms with Crippen LogP contribution in [0, 0.1) is 11.8 Å². The van der Waals surface area contributed by atoms with Gasteiger partial charge in [-0.2, -0.15) is 11.8 Å². The van der Waals surface area contributed by atoms with Crippen molar-refractivity contribution in [2.45, 2.75) is 29.4 Å². The Labute approximate surface area is 255 Å². The van der Waals surface area contributed by atoms with Gasteiger partial charge in [0.15, 0.2) is 11.4 Å². The lowest BCUT2D eigenvalue weighted by Gasteiger charge is -2.54. The number of rotatable bonds is 6. The van der Waals surface area contributed by atoms with Gasteiger partial charge in [0.1, 0.15) is 22.8 Å². The van der Waals surface area contributed by atoms with Crippen molar-refractivity contribution in [3.05, 3.63) is 80.0 Å². The van der Waals surface area contributed by atoms with Crippen molar-refractivity contribution >= 4 is 58.2 Å². The molecule has 3 aliphatic rings. The topological polar surface area (TPSA) is 182 Å². The molecule has 0 radical (unpaired) electrons. The smallest absolute Gasteiger partial charge is 0.255 e. The molecular formula is C29H28Cl2N2O8S. The van der Waals surface area contributed by atoms with Gasteiger partial charge in [-0.05, 0) is 43.4 Å². The Balaban J connectivity index is 1.66. The summed E-state index contributed by atoms with van der Waals surface area (Å²) >= 11 is 13.6. The molecule has 13 heteroatoms. The summed E-state index contributed by atoms with van der Waals surface area (Å²) in [4.78, 5) is 41.1. The third-order valence-electron chi connectivity index (χ3n) is 8.35. The van der Waals surface area contributed by atoms with Gasteiger partial charge in [-0.25, -0.2) is 0 Å². The first-order chi connectivity index (χ1) is 19.7. The van der Waals surface area contributed by atoms with Gasteiger partial charge in [0.2, 0.25) is 5.78 Å². The Morgan fingerprint density at radius 3 is 2.40 bits per heavy atom. The van der Waals surface area contributed by atoms with Crippen molar-refractivity contribution in [1.29, 1.82) is 0 Å². The maximum Gasteiger partial charge on any atom is 0.255 e. The van der Waals surface area contributed by atoms with Crippen LogP contribution in [-0.4, -0.2) is 85.5 Å². The first-order valence-corrected chi connectivity index (χ1v) is 14.8. The van der Waals surface area contributed by atoms with E-state index in [0.717, 1.165) is 5.56 Å². The van der Waals surface area contributed by atoms with Crippen molar-refractivity contribution in [2.75, 3.05) is 19.8 Å². The number of phenolic OH excluding ortho intramolecular Hbond substituents is 1. The van der Waals surface area contributed by atoms with E-state index in [1.807, 2.05) is 0 Å². The molecule has 2 aromatic rings. The summed E-state index contributed by atoms with van der Waals surface area (Å²) in [5, 5.41) is 57.7. The summed E-state index contributed by atoms with van der Waals surface area (Å²) in [6.07, 6.45) is -1.68. The molecule has 5 rings (SSSR count). The molecule has 3 aliphatic carbocycles. The number of likely N-dealkylation sites (N-methyl/N-ethyl adjacent to an activating group) is 1. The van der Waals surface area contributed by atoms with Crippen LogP contribution < -0.4 is 5.73 Å². The minimum Gasteiger partial charge on any atom is -0.508 e. The number of benzene rings is 2. The predicted octanol–water partition coefficient (Wildman–Crippen LogP) is 2.72. The number of nitrogens with zero attached hydrogens (tertiary/aromatic N) is 1. The van der Waals surface area contributed by atoms with Crippen molar-refractivity contribution in [3.8, 4) is 5.75 Å². The Bertz CT molecular complexity index is 1590. The second-order valence-electron chi connectivity index (χ2n) is 10.9. The molecular weight excluding hydrogens is 607 g/mol. The van der Waals surface area contributed by atoms with Gasteiger partial charge < -0.3 is 31.3 Å². The molecule has 2 aromatic carbocycles. The van der Waals surface area contributed by atoms with Gasteiger partial charge in [-0.15, -0.1) is 0 Å². The molecule has 7 N–H and O–H groups in total. The number of carbonyl (C=O) groups is 3. The lowest BCUT2D eigenvalue weighted by Crippen LogP contribution is -2.70. The highest BCUT2D eigenvalue weighted by Gasteiger charge is 2.68. The zero-order chi connectivity index (χ0) is 30.8. The second-order valence-corrected chi connectivity index (χ2v) is 12.7. The van der Waals surface area contributed by atoms with Crippen LogP contribution in [0.25, 0.3) is 5.76 Å². The number of carbonyl (C=O) groups excluding carboxylic acids is 3. The predicted molar refractivity (Wildman–Crippen MR) is 157 cm³/mol. The second kappa shape index (κ2) is 10.9. The first kappa shape index (κ1) is 30.4. The molecule has 1 fully saturated rings. The number of halogens is 2. The summed E-state index contributed by atoms with van der Waals surface area (Å²) in [5.41, 5.74) is 2.25. The standard InChI is InChI=1S/C29H28Cl2N2O8S/c1-33(2)22-21-24(36)18-13(10-42-9-11-6-7-14(30)15(31)8-11)12-4-3-5-16(34)17(12)23(35)19(18)26(38)29(21,41)27(39)20(25(22)37)28(32)40/h3-8,13,18,21-22,24,34-36,39,41H,9-10H2,1-2H3,(H2,32,40)/t13-,18?,21?,22-,24-,29-/m0/s1. The van der Waals surface area contributed by atoms with Crippen LogP contribution in [0.2, 0.25) is 10.0 Å². The molecule has 0 spiro atoms. The number of fused-ring (bicyclic) bond motifs is 3. The molecule has 0 saturated heterocycles. The van der Waals surface area contributed by atoms with E-state index < -0.39 is 75.6 Å². The fraction of sp³-hybridized carbons (Fsp3) is 0.345. The number of aliphatic hydroxyl groups excluding tert-OH is 3. The number of aromatic hydroxyl groups is 1. The molecule has 1 amide bonds. The largest absolute Gasteiger partial charge is 0.508 e. The van der Waals surface area contributed by atoms with Gasteiger partial charge in [0.25, 0.3) is 5.91 Å². The normalized spacial score (nSPS) is 29.0. The zero-order valence-corrected chi connectivity index (χ0v) is 24.7. The Hall–Kier alpha value is -3.06. The monoisotopic (exact) mass is 634 g/mol. The maximum atomic E-state index is 14.2. The van der Waals surface area contributed by atoms with E-state index in [2.05, 4.69) is 0 Å². The maximum absolute atomic E-state index is 14.2. The van der Waals surface area contributed by atoms with Crippen LogP contribution in [0.3, 0.4) is 0 Å². The lowest BCUT2D eigenvalue weighted by molar-refractivity contribution is -0.169.